The molecule has 0 unspecified atom stereocenters. The molecule has 1 aromatic heterocycles. The molecule has 0 saturated carbocycles. The van der Waals surface area contributed by atoms with Crippen molar-refractivity contribution in [2.75, 3.05) is 6.61 Å². The van der Waals surface area contributed by atoms with Gasteiger partial charge >= 0.3 is 5.97 Å². The molecule has 0 amide bonds. The molecular weight excluding hydrogens is 204 g/mol. The average Bonchev–Trinajstić information content (AvgIpc) is 2.55. The molecular formula is C13H14O3. The molecule has 1 aromatic carbocycles. The number of rotatable bonds is 2. The molecule has 84 valence electrons. The highest BCUT2D eigenvalue weighted by atomic mass is 16.5. The second kappa shape index (κ2) is 4.00. The van der Waals surface area contributed by atoms with E-state index in [0.29, 0.717) is 12.2 Å². The number of benzene rings is 1. The van der Waals surface area contributed by atoms with Crippen molar-refractivity contribution >= 4 is 16.9 Å². The van der Waals surface area contributed by atoms with Crippen LogP contribution in [0.3, 0.4) is 0 Å². The van der Waals surface area contributed by atoms with E-state index in [2.05, 4.69) is 0 Å². The molecule has 1 heterocycles. The van der Waals surface area contributed by atoms with Gasteiger partial charge in [-0.05, 0) is 44.5 Å². The molecule has 0 radical (unpaired) electrons. The van der Waals surface area contributed by atoms with Crippen LogP contribution in [0.4, 0.5) is 0 Å². The quantitative estimate of drug-likeness (QED) is 0.726. The fraction of sp³-hybridized carbons (Fsp3) is 0.308. The van der Waals surface area contributed by atoms with Gasteiger partial charge in [0.2, 0.25) is 0 Å². The molecule has 3 nitrogen and oxygen atoms in total. The first-order chi connectivity index (χ1) is 7.63. The van der Waals surface area contributed by atoms with E-state index >= 15 is 0 Å². The van der Waals surface area contributed by atoms with Gasteiger partial charge < -0.3 is 9.15 Å². The number of esters is 1. The van der Waals surface area contributed by atoms with Gasteiger partial charge in [0.25, 0.3) is 0 Å². The van der Waals surface area contributed by atoms with Gasteiger partial charge in [-0.2, -0.15) is 0 Å². The lowest BCUT2D eigenvalue weighted by Crippen LogP contribution is -2.03. The molecule has 0 aliphatic heterocycles. The second-order valence-corrected chi connectivity index (χ2v) is 3.71. The minimum absolute atomic E-state index is 0.289. The molecule has 0 N–H and O–H groups in total. The molecule has 2 aromatic rings. The van der Waals surface area contributed by atoms with Crippen molar-refractivity contribution in [3.05, 3.63) is 35.1 Å². The zero-order valence-electron chi connectivity index (χ0n) is 9.66. The van der Waals surface area contributed by atoms with Crippen molar-refractivity contribution < 1.29 is 13.9 Å². The lowest BCUT2D eigenvalue weighted by molar-refractivity contribution is 0.0526. The largest absolute Gasteiger partial charge is 0.462 e. The third-order valence-electron chi connectivity index (χ3n) is 2.69. The Kier molecular flexibility index (Phi) is 2.69. The molecule has 0 atom stereocenters. The number of fused-ring (bicyclic) bond motifs is 1. The Morgan fingerprint density at radius 3 is 2.81 bits per heavy atom. The lowest BCUT2D eigenvalue weighted by atomic mass is 10.1. The Balaban J connectivity index is 2.50. The maximum absolute atomic E-state index is 11.6. The number of carbonyl (C=O) groups is 1. The zero-order valence-corrected chi connectivity index (χ0v) is 9.66. The van der Waals surface area contributed by atoms with Gasteiger partial charge in [0.15, 0.2) is 0 Å². The maximum Gasteiger partial charge on any atom is 0.338 e. The van der Waals surface area contributed by atoms with Crippen LogP contribution in [-0.2, 0) is 4.74 Å². The van der Waals surface area contributed by atoms with E-state index < -0.39 is 0 Å². The monoisotopic (exact) mass is 218 g/mol. The number of hydrogen-bond donors (Lipinski definition) is 0. The van der Waals surface area contributed by atoms with Crippen LogP contribution < -0.4 is 0 Å². The summed E-state index contributed by atoms with van der Waals surface area (Å²) in [4.78, 5) is 11.6. The summed E-state index contributed by atoms with van der Waals surface area (Å²) in [6.45, 7) is 6.08. The molecule has 0 bridgehead atoms. The zero-order chi connectivity index (χ0) is 11.7. The Morgan fingerprint density at radius 1 is 1.38 bits per heavy atom. The topological polar surface area (TPSA) is 39.4 Å². The van der Waals surface area contributed by atoms with E-state index in [1.807, 2.05) is 26.0 Å². The van der Waals surface area contributed by atoms with Crippen LogP contribution in [0.1, 0.15) is 28.6 Å². The Hall–Kier alpha value is -1.77. The molecule has 0 spiro atoms. The maximum atomic E-state index is 11.6. The predicted octanol–water partition coefficient (Wildman–Crippen LogP) is 3.23. The Morgan fingerprint density at radius 2 is 2.12 bits per heavy atom. The van der Waals surface area contributed by atoms with Gasteiger partial charge in [-0.15, -0.1) is 0 Å². The van der Waals surface area contributed by atoms with E-state index in [9.17, 15) is 4.79 Å². The van der Waals surface area contributed by atoms with Crippen LogP contribution in [0.5, 0.6) is 0 Å². The van der Waals surface area contributed by atoms with Gasteiger partial charge in [-0.25, -0.2) is 4.79 Å². The summed E-state index contributed by atoms with van der Waals surface area (Å²) < 4.78 is 10.5. The van der Waals surface area contributed by atoms with Crippen molar-refractivity contribution in [3.8, 4) is 0 Å². The Bertz CT molecular complexity index is 537. The lowest BCUT2D eigenvalue weighted by Gasteiger charge is -2.01. The third kappa shape index (κ3) is 1.69. The van der Waals surface area contributed by atoms with Crippen molar-refractivity contribution in [2.45, 2.75) is 20.8 Å². The number of ether oxygens (including phenoxy) is 1. The summed E-state index contributed by atoms with van der Waals surface area (Å²) >= 11 is 0. The van der Waals surface area contributed by atoms with Crippen LogP contribution in [0.25, 0.3) is 11.0 Å². The Labute approximate surface area is 94.0 Å². The van der Waals surface area contributed by atoms with Gasteiger partial charge in [-0.3, -0.25) is 0 Å². The second-order valence-electron chi connectivity index (χ2n) is 3.71. The SMILES string of the molecule is CCOC(=O)c1ccc2oc(C)c(C)c2c1. The van der Waals surface area contributed by atoms with Crippen molar-refractivity contribution in [2.24, 2.45) is 0 Å². The molecule has 16 heavy (non-hydrogen) atoms. The van der Waals surface area contributed by atoms with Gasteiger partial charge in [-0.1, -0.05) is 0 Å². The minimum Gasteiger partial charge on any atom is -0.462 e. The summed E-state index contributed by atoms with van der Waals surface area (Å²) in [5, 5.41) is 0.975. The summed E-state index contributed by atoms with van der Waals surface area (Å²) in [7, 11) is 0. The molecule has 0 saturated heterocycles. The molecule has 0 fully saturated rings. The number of carbonyl (C=O) groups excluding carboxylic acids is 1. The van der Waals surface area contributed by atoms with Crippen LogP contribution in [0.2, 0.25) is 0 Å². The number of hydrogen-bond acceptors (Lipinski definition) is 3. The van der Waals surface area contributed by atoms with E-state index in [1.165, 1.54) is 0 Å². The summed E-state index contributed by atoms with van der Waals surface area (Å²) in [6.07, 6.45) is 0. The highest BCUT2D eigenvalue weighted by Crippen LogP contribution is 2.25. The smallest absolute Gasteiger partial charge is 0.338 e. The van der Waals surface area contributed by atoms with Crippen LogP contribution in [-0.4, -0.2) is 12.6 Å². The normalized spacial score (nSPS) is 10.7. The van der Waals surface area contributed by atoms with E-state index in [4.69, 9.17) is 9.15 Å². The first kappa shape index (κ1) is 10.7. The fourth-order valence-electron chi connectivity index (χ4n) is 1.68. The first-order valence-corrected chi connectivity index (χ1v) is 5.30. The average molecular weight is 218 g/mol. The summed E-state index contributed by atoms with van der Waals surface area (Å²) in [5.74, 6) is 0.596. The van der Waals surface area contributed by atoms with Crippen LogP contribution >= 0.6 is 0 Å². The standard InChI is InChI=1S/C13H14O3/c1-4-15-13(14)10-5-6-12-11(7-10)8(2)9(3)16-12/h5-7H,4H2,1-3H3. The summed E-state index contributed by atoms with van der Waals surface area (Å²) in [5.41, 5.74) is 2.45. The number of aryl methyl sites for hydroxylation is 2. The number of furan rings is 1. The molecule has 0 aliphatic carbocycles. The van der Waals surface area contributed by atoms with Gasteiger partial charge in [0, 0.05) is 5.39 Å². The fourth-order valence-corrected chi connectivity index (χ4v) is 1.68. The van der Waals surface area contributed by atoms with E-state index in [-0.39, 0.29) is 5.97 Å². The molecule has 0 aliphatic rings. The highest BCUT2D eigenvalue weighted by Gasteiger charge is 2.11. The van der Waals surface area contributed by atoms with Crippen LogP contribution in [0, 0.1) is 13.8 Å². The minimum atomic E-state index is -0.289. The van der Waals surface area contributed by atoms with E-state index in [1.54, 1.807) is 13.0 Å². The van der Waals surface area contributed by atoms with Gasteiger partial charge in [0.1, 0.15) is 11.3 Å². The van der Waals surface area contributed by atoms with Crippen molar-refractivity contribution in [3.63, 3.8) is 0 Å². The third-order valence-corrected chi connectivity index (χ3v) is 2.69. The van der Waals surface area contributed by atoms with E-state index in [0.717, 1.165) is 22.3 Å². The van der Waals surface area contributed by atoms with Crippen molar-refractivity contribution in [1.82, 2.24) is 0 Å². The highest BCUT2D eigenvalue weighted by molar-refractivity contribution is 5.95. The van der Waals surface area contributed by atoms with Gasteiger partial charge in [0.05, 0.1) is 12.2 Å². The molecule has 2 rings (SSSR count). The van der Waals surface area contributed by atoms with Crippen molar-refractivity contribution in [1.29, 1.82) is 0 Å². The summed E-state index contributed by atoms with van der Waals surface area (Å²) in [6, 6.07) is 5.35. The predicted molar refractivity (Wildman–Crippen MR) is 61.6 cm³/mol. The molecule has 3 heteroatoms. The first-order valence-electron chi connectivity index (χ1n) is 5.30. The van der Waals surface area contributed by atoms with Crippen LogP contribution in [0.15, 0.2) is 22.6 Å².